The van der Waals surface area contributed by atoms with Crippen molar-refractivity contribution >= 4 is 28.8 Å². The van der Waals surface area contributed by atoms with Crippen molar-refractivity contribution in [2.24, 2.45) is 0 Å². The van der Waals surface area contributed by atoms with Crippen LogP contribution in [-0.2, 0) is 4.79 Å². The normalized spacial score (nSPS) is 11.1. The maximum absolute atomic E-state index is 11.2. The lowest BCUT2D eigenvalue weighted by molar-refractivity contribution is -0.141. The van der Waals surface area contributed by atoms with E-state index in [-0.39, 0.29) is 5.91 Å². The quantitative estimate of drug-likeness (QED) is 0.0476. The van der Waals surface area contributed by atoms with Crippen LogP contribution in [0.5, 0.6) is 0 Å². The number of hydrogen-bond acceptors (Lipinski definition) is 2. The highest BCUT2D eigenvalue weighted by molar-refractivity contribution is 14.1. The van der Waals surface area contributed by atoms with E-state index in [0.717, 1.165) is 12.8 Å². The van der Waals surface area contributed by atoms with E-state index in [0.29, 0.717) is 9.70 Å². The van der Waals surface area contributed by atoms with E-state index in [1.54, 1.807) is 22.9 Å². The molecule has 0 unspecified atom stereocenters. The summed E-state index contributed by atoms with van der Waals surface area (Å²) in [6.07, 6.45) is 30.7. The van der Waals surface area contributed by atoms with Gasteiger partial charge in [-0.1, -0.05) is 142 Å². The van der Waals surface area contributed by atoms with E-state index >= 15 is 0 Å². The maximum Gasteiger partial charge on any atom is 0.255 e. The summed E-state index contributed by atoms with van der Waals surface area (Å²) in [6, 6.07) is 0. The highest BCUT2D eigenvalue weighted by Gasteiger charge is 2.05. The first kappa shape index (κ1) is 29.2. The molecule has 0 aromatic carbocycles. The molecule has 0 radical (unpaired) electrons. The molecule has 0 heterocycles. The maximum atomic E-state index is 11.2. The first-order valence-electron chi connectivity index (χ1n) is 12.9. The minimum Gasteiger partial charge on any atom is -0.276 e. The van der Waals surface area contributed by atoms with Gasteiger partial charge in [-0.15, -0.1) is 0 Å². The average Bonchev–Trinajstić information content (AvgIpc) is 2.71. The van der Waals surface area contributed by atoms with Crippen LogP contribution < -0.4 is 0 Å². The van der Waals surface area contributed by atoms with E-state index in [9.17, 15) is 4.79 Å². The molecule has 0 saturated heterocycles. The van der Waals surface area contributed by atoms with Crippen LogP contribution in [0.1, 0.15) is 155 Å². The van der Waals surface area contributed by atoms with Crippen LogP contribution >= 0.6 is 22.9 Å². The van der Waals surface area contributed by atoms with Crippen LogP contribution in [0.15, 0.2) is 0 Å². The van der Waals surface area contributed by atoms with Crippen molar-refractivity contribution in [3.8, 4) is 0 Å². The Labute approximate surface area is 196 Å². The van der Waals surface area contributed by atoms with Crippen LogP contribution in [0.3, 0.4) is 0 Å². The van der Waals surface area contributed by atoms with Crippen molar-refractivity contribution < 1.29 is 10.0 Å². The Kier molecular flexibility index (Phi) is 24.6. The molecule has 0 spiro atoms. The number of amides is 1. The Morgan fingerprint density at radius 3 is 1.03 bits per heavy atom. The van der Waals surface area contributed by atoms with E-state index in [2.05, 4.69) is 6.92 Å². The van der Waals surface area contributed by atoms with Crippen LogP contribution in [0.2, 0.25) is 0 Å². The van der Waals surface area contributed by atoms with Gasteiger partial charge in [-0.3, -0.25) is 10.0 Å². The monoisotopic (exact) mass is 523 g/mol. The summed E-state index contributed by atoms with van der Waals surface area (Å²) in [7, 11) is 0. The molecule has 0 aliphatic heterocycles. The summed E-state index contributed by atoms with van der Waals surface area (Å²) in [5.41, 5.74) is 0. The fraction of sp³-hybridized carbons (Fsp3) is 0.960. The van der Waals surface area contributed by atoms with Gasteiger partial charge in [0.1, 0.15) is 0 Å². The largest absolute Gasteiger partial charge is 0.276 e. The van der Waals surface area contributed by atoms with Gasteiger partial charge in [0.15, 0.2) is 0 Å². The average molecular weight is 524 g/mol. The molecule has 0 aliphatic rings. The Bertz CT molecular complexity index is 337. The highest BCUT2D eigenvalue weighted by Crippen LogP contribution is 2.15. The molecule has 0 saturated carbocycles. The van der Waals surface area contributed by atoms with Crippen molar-refractivity contribution in [2.75, 3.05) is 0 Å². The van der Waals surface area contributed by atoms with Gasteiger partial charge in [0.25, 0.3) is 5.91 Å². The molecule has 0 bridgehead atoms. The molecule has 0 aromatic heterocycles. The molecule has 4 heteroatoms. The lowest BCUT2D eigenvalue weighted by Crippen LogP contribution is -2.15. The summed E-state index contributed by atoms with van der Waals surface area (Å²) >= 11 is 1.62. The summed E-state index contributed by atoms with van der Waals surface area (Å²) in [4.78, 5) is 11.2. The van der Waals surface area contributed by atoms with Crippen molar-refractivity contribution in [3.63, 3.8) is 0 Å². The zero-order valence-electron chi connectivity index (χ0n) is 19.4. The lowest BCUT2D eigenvalue weighted by atomic mass is 10.0. The molecule has 3 nitrogen and oxygen atoms in total. The molecular formula is C25H50INO2. The third kappa shape index (κ3) is 24.3. The summed E-state index contributed by atoms with van der Waals surface area (Å²) < 4.78 is 0.676. The van der Waals surface area contributed by atoms with E-state index in [1.807, 2.05) is 0 Å². The minimum absolute atomic E-state index is 0.182. The predicted molar refractivity (Wildman–Crippen MR) is 135 cm³/mol. The Hall–Kier alpha value is 0.160. The highest BCUT2D eigenvalue weighted by atomic mass is 127. The molecular weight excluding hydrogens is 473 g/mol. The number of unbranched alkanes of at least 4 members (excludes halogenated alkanes) is 21. The molecule has 0 aromatic rings. The van der Waals surface area contributed by atoms with Crippen LogP contribution in [0, 0.1) is 0 Å². The van der Waals surface area contributed by atoms with Gasteiger partial charge in [0.05, 0.1) is 22.9 Å². The molecule has 0 aliphatic carbocycles. The summed E-state index contributed by atoms with van der Waals surface area (Å²) in [5, 5.41) is 8.96. The third-order valence-electron chi connectivity index (χ3n) is 5.95. The fourth-order valence-electron chi connectivity index (χ4n) is 3.98. The van der Waals surface area contributed by atoms with Crippen molar-refractivity contribution in [1.29, 1.82) is 0 Å². The number of carbonyl (C=O) groups excluding carboxylic acids is 1. The Balaban J connectivity index is 3.04. The van der Waals surface area contributed by atoms with Crippen molar-refractivity contribution in [3.05, 3.63) is 0 Å². The van der Waals surface area contributed by atoms with Crippen molar-refractivity contribution in [2.45, 2.75) is 155 Å². The molecule has 0 rings (SSSR count). The number of halogens is 1. The molecule has 174 valence electrons. The van der Waals surface area contributed by atoms with Gasteiger partial charge in [-0.05, 0) is 6.42 Å². The third-order valence-corrected chi connectivity index (χ3v) is 6.49. The topological polar surface area (TPSA) is 40.5 Å². The van der Waals surface area contributed by atoms with Gasteiger partial charge in [0, 0.05) is 6.42 Å². The Morgan fingerprint density at radius 1 is 0.552 bits per heavy atom. The van der Waals surface area contributed by atoms with Gasteiger partial charge >= 0.3 is 0 Å². The van der Waals surface area contributed by atoms with Gasteiger partial charge in [0.2, 0.25) is 0 Å². The minimum atomic E-state index is -0.182. The number of rotatable bonds is 23. The number of hydroxylamine groups is 1. The Morgan fingerprint density at radius 2 is 0.793 bits per heavy atom. The standard InChI is InChI=1S/C25H50INO2/c1-2-3-4-5-6-7-8-9-10-11-12-13-14-15-16-17-18-19-20-21-22-23-24-25(28)27(26)29/h29H,2-24H2,1H3. The molecule has 29 heavy (non-hydrogen) atoms. The van der Waals surface area contributed by atoms with Crippen molar-refractivity contribution in [1.82, 2.24) is 3.28 Å². The second kappa shape index (κ2) is 24.4. The molecule has 0 fully saturated rings. The van der Waals surface area contributed by atoms with Gasteiger partial charge in [-0.25, -0.2) is 0 Å². The van der Waals surface area contributed by atoms with Crippen LogP contribution in [0.25, 0.3) is 0 Å². The predicted octanol–water partition coefficient (Wildman–Crippen LogP) is 9.55. The first-order chi connectivity index (χ1) is 14.2. The van der Waals surface area contributed by atoms with Crippen LogP contribution in [-0.4, -0.2) is 14.4 Å². The zero-order valence-corrected chi connectivity index (χ0v) is 21.6. The number of hydrogen-bond donors (Lipinski definition) is 1. The number of nitrogens with zero attached hydrogens (tertiary/aromatic N) is 1. The summed E-state index contributed by atoms with van der Waals surface area (Å²) in [6.45, 7) is 2.29. The van der Waals surface area contributed by atoms with E-state index in [1.165, 1.54) is 128 Å². The molecule has 1 N–H and O–H groups in total. The molecule has 0 atom stereocenters. The summed E-state index contributed by atoms with van der Waals surface area (Å²) in [5.74, 6) is -0.182. The van der Waals surface area contributed by atoms with E-state index < -0.39 is 0 Å². The van der Waals surface area contributed by atoms with Crippen LogP contribution in [0.4, 0.5) is 0 Å². The van der Waals surface area contributed by atoms with E-state index in [4.69, 9.17) is 5.21 Å². The second-order valence-corrected chi connectivity index (χ2v) is 9.74. The van der Waals surface area contributed by atoms with Gasteiger partial charge in [-0.2, -0.15) is 3.28 Å². The second-order valence-electron chi connectivity index (χ2n) is 8.83. The lowest BCUT2D eigenvalue weighted by Gasteiger charge is -2.05. The van der Waals surface area contributed by atoms with Gasteiger partial charge < -0.3 is 0 Å². The molecule has 1 amide bonds. The number of carbonyl (C=O) groups is 1. The fourth-order valence-corrected chi connectivity index (χ4v) is 4.22. The SMILES string of the molecule is CCCCCCCCCCCCCCCCCCCCCCCCC(=O)N(O)I. The smallest absolute Gasteiger partial charge is 0.255 e. The first-order valence-corrected chi connectivity index (χ1v) is 13.8. The zero-order chi connectivity index (χ0) is 21.4.